The number of carbonyl (C=O) groups is 3. The number of esters is 1. The van der Waals surface area contributed by atoms with Crippen molar-refractivity contribution < 1.29 is 24.2 Å². The zero-order valence-electron chi connectivity index (χ0n) is 12.1. The van der Waals surface area contributed by atoms with Gasteiger partial charge in [0.15, 0.2) is 0 Å². The van der Waals surface area contributed by atoms with Gasteiger partial charge in [-0.25, -0.2) is 4.79 Å². The summed E-state index contributed by atoms with van der Waals surface area (Å²) < 4.78 is 4.82. The van der Waals surface area contributed by atoms with Crippen LogP contribution in [0.2, 0.25) is 0 Å². The van der Waals surface area contributed by atoms with Crippen LogP contribution in [-0.4, -0.2) is 35.6 Å². The molecule has 0 aliphatic heterocycles. The number of aliphatic carboxylic acids is 1. The van der Waals surface area contributed by atoms with E-state index in [1.54, 1.807) is 13.8 Å². The first kappa shape index (κ1) is 16.5. The Labute approximate surface area is 118 Å². The average Bonchev–Trinajstić information content (AvgIpc) is 2.76. The van der Waals surface area contributed by atoms with E-state index in [4.69, 9.17) is 9.84 Å². The van der Waals surface area contributed by atoms with Crippen molar-refractivity contribution in [1.82, 2.24) is 5.32 Å². The second kappa shape index (κ2) is 7.26. The highest BCUT2D eigenvalue weighted by Gasteiger charge is 2.38. The maximum absolute atomic E-state index is 12.0. The van der Waals surface area contributed by atoms with Gasteiger partial charge in [0.05, 0.1) is 13.0 Å². The molecule has 0 aromatic carbocycles. The molecule has 0 spiro atoms. The summed E-state index contributed by atoms with van der Waals surface area (Å²) in [6.07, 6.45) is 3.57. The van der Waals surface area contributed by atoms with Crippen LogP contribution in [-0.2, 0) is 19.1 Å². The predicted octanol–water partition coefficient (Wildman–Crippen LogP) is 1.48. The fourth-order valence-corrected chi connectivity index (χ4v) is 2.82. The van der Waals surface area contributed by atoms with E-state index in [0.29, 0.717) is 0 Å². The van der Waals surface area contributed by atoms with Gasteiger partial charge >= 0.3 is 11.9 Å². The van der Waals surface area contributed by atoms with Crippen molar-refractivity contribution in [2.45, 2.75) is 58.4 Å². The molecule has 1 rings (SSSR count). The van der Waals surface area contributed by atoms with Crippen LogP contribution >= 0.6 is 0 Å². The molecule has 1 aliphatic rings. The normalized spacial score (nSPS) is 18.3. The van der Waals surface area contributed by atoms with Crippen molar-refractivity contribution in [1.29, 1.82) is 0 Å². The molecule has 6 heteroatoms. The van der Waals surface area contributed by atoms with E-state index in [1.165, 1.54) is 0 Å². The van der Waals surface area contributed by atoms with Gasteiger partial charge in [0.25, 0.3) is 0 Å². The minimum Gasteiger partial charge on any atom is -0.481 e. The van der Waals surface area contributed by atoms with Crippen molar-refractivity contribution >= 4 is 17.8 Å². The lowest BCUT2D eigenvalue weighted by atomic mass is 9.79. The number of amides is 1. The Morgan fingerprint density at radius 2 is 1.85 bits per heavy atom. The summed E-state index contributed by atoms with van der Waals surface area (Å²) in [5.41, 5.74) is -0.454. The van der Waals surface area contributed by atoms with Crippen LogP contribution < -0.4 is 5.32 Å². The topological polar surface area (TPSA) is 92.7 Å². The van der Waals surface area contributed by atoms with Crippen LogP contribution in [0, 0.1) is 5.41 Å². The highest BCUT2D eigenvalue weighted by molar-refractivity contribution is 5.84. The van der Waals surface area contributed by atoms with Crippen LogP contribution in [0.4, 0.5) is 0 Å². The van der Waals surface area contributed by atoms with Gasteiger partial charge in [0, 0.05) is 6.42 Å². The number of hydrogen-bond donors (Lipinski definition) is 2. The highest BCUT2D eigenvalue weighted by Crippen LogP contribution is 2.44. The molecular weight excluding hydrogens is 262 g/mol. The van der Waals surface area contributed by atoms with Crippen LogP contribution in [0.25, 0.3) is 0 Å². The van der Waals surface area contributed by atoms with Gasteiger partial charge in [-0.1, -0.05) is 12.8 Å². The molecule has 0 saturated heterocycles. The molecule has 0 bridgehead atoms. The smallest absolute Gasteiger partial charge is 0.328 e. The first-order chi connectivity index (χ1) is 9.38. The second-order valence-electron chi connectivity index (χ2n) is 5.50. The largest absolute Gasteiger partial charge is 0.481 e. The van der Waals surface area contributed by atoms with Crippen molar-refractivity contribution in [3.8, 4) is 0 Å². The molecule has 1 fully saturated rings. The van der Waals surface area contributed by atoms with E-state index in [0.717, 1.165) is 25.7 Å². The second-order valence-corrected chi connectivity index (χ2v) is 5.50. The molecule has 6 nitrogen and oxygen atoms in total. The number of carboxylic acids is 1. The van der Waals surface area contributed by atoms with Gasteiger partial charge in [-0.15, -0.1) is 0 Å². The molecule has 1 unspecified atom stereocenters. The molecule has 1 amide bonds. The summed E-state index contributed by atoms with van der Waals surface area (Å²) in [6.45, 7) is 3.53. The molecule has 0 aromatic rings. The lowest BCUT2D eigenvalue weighted by Crippen LogP contribution is -2.41. The van der Waals surface area contributed by atoms with Crippen LogP contribution in [0.1, 0.15) is 52.4 Å². The summed E-state index contributed by atoms with van der Waals surface area (Å²) >= 11 is 0. The van der Waals surface area contributed by atoms with E-state index in [1.807, 2.05) is 0 Å². The van der Waals surface area contributed by atoms with E-state index in [-0.39, 0.29) is 25.4 Å². The van der Waals surface area contributed by atoms with Gasteiger partial charge in [0.2, 0.25) is 5.91 Å². The van der Waals surface area contributed by atoms with E-state index < -0.39 is 23.4 Å². The molecule has 1 atom stereocenters. The Bertz CT molecular complexity index is 374. The Hall–Kier alpha value is -1.59. The minimum atomic E-state index is -0.877. The minimum absolute atomic E-state index is 0.00814. The molecule has 2 N–H and O–H groups in total. The van der Waals surface area contributed by atoms with Crippen molar-refractivity contribution in [2.24, 2.45) is 5.41 Å². The summed E-state index contributed by atoms with van der Waals surface area (Å²) in [4.78, 5) is 34.4. The monoisotopic (exact) mass is 285 g/mol. The molecule has 1 saturated carbocycles. The molecule has 0 radical (unpaired) electrons. The third kappa shape index (κ3) is 4.83. The average molecular weight is 285 g/mol. The number of hydrogen-bond acceptors (Lipinski definition) is 4. The number of carboxylic acid groups (broad SMARTS) is 1. The zero-order valence-corrected chi connectivity index (χ0v) is 12.1. The molecular formula is C14H23NO5. The zero-order chi connectivity index (χ0) is 15.2. The Balaban J connectivity index is 2.54. The number of carbonyl (C=O) groups excluding carboxylic acids is 2. The summed E-state index contributed by atoms with van der Waals surface area (Å²) in [5.74, 6) is -1.63. The summed E-state index contributed by atoms with van der Waals surface area (Å²) in [5, 5.41) is 11.6. The first-order valence-corrected chi connectivity index (χ1v) is 7.06. The molecule has 0 heterocycles. The van der Waals surface area contributed by atoms with Gasteiger partial charge in [-0.05, 0) is 32.1 Å². The first-order valence-electron chi connectivity index (χ1n) is 7.06. The summed E-state index contributed by atoms with van der Waals surface area (Å²) in [6, 6.07) is -0.703. The number of rotatable bonds is 7. The van der Waals surface area contributed by atoms with E-state index in [9.17, 15) is 14.4 Å². The van der Waals surface area contributed by atoms with Gasteiger partial charge < -0.3 is 15.2 Å². The Kier molecular flexibility index (Phi) is 5.98. The Morgan fingerprint density at radius 3 is 2.35 bits per heavy atom. The SMILES string of the molecule is CCOC(=O)C(C)NC(=O)CC1(CC(=O)O)CCCC1. The van der Waals surface area contributed by atoms with Gasteiger partial charge in [-0.2, -0.15) is 0 Å². The molecule has 0 aromatic heterocycles. The van der Waals surface area contributed by atoms with Crippen molar-refractivity contribution in [2.75, 3.05) is 6.61 Å². The van der Waals surface area contributed by atoms with Crippen molar-refractivity contribution in [3.63, 3.8) is 0 Å². The molecule has 114 valence electrons. The summed E-state index contributed by atoms with van der Waals surface area (Å²) in [7, 11) is 0. The lowest BCUT2D eigenvalue weighted by Gasteiger charge is -2.27. The van der Waals surface area contributed by atoms with E-state index >= 15 is 0 Å². The molecule has 20 heavy (non-hydrogen) atoms. The van der Waals surface area contributed by atoms with E-state index in [2.05, 4.69) is 5.32 Å². The standard InChI is InChI=1S/C14H23NO5/c1-3-20-13(19)10(2)15-11(16)8-14(9-12(17)18)6-4-5-7-14/h10H,3-9H2,1-2H3,(H,15,16)(H,17,18). The Morgan fingerprint density at radius 1 is 1.25 bits per heavy atom. The maximum Gasteiger partial charge on any atom is 0.328 e. The molecule has 1 aliphatic carbocycles. The maximum atomic E-state index is 12.0. The van der Waals surface area contributed by atoms with Gasteiger partial charge in [-0.3, -0.25) is 9.59 Å². The lowest BCUT2D eigenvalue weighted by molar-refractivity contribution is -0.147. The fourth-order valence-electron chi connectivity index (χ4n) is 2.82. The third-order valence-electron chi connectivity index (χ3n) is 3.74. The fraction of sp³-hybridized carbons (Fsp3) is 0.786. The van der Waals surface area contributed by atoms with Gasteiger partial charge in [0.1, 0.15) is 6.04 Å². The number of nitrogens with one attached hydrogen (secondary N) is 1. The quantitative estimate of drug-likeness (QED) is 0.691. The van der Waals surface area contributed by atoms with Crippen LogP contribution in [0.5, 0.6) is 0 Å². The number of ether oxygens (including phenoxy) is 1. The van der Waals surface area contributed by atoms with Crippen LogP contribution in [0.3, 0.4) is 0 Å². The van der Waals surface area contributed by atoms with Crippen LogP contribution in [0.15, 0.2) is 0 Å². The van der Waals surface area contributed by atoms with Crippen molar-refractivity contribution in [3.05, 3.63) is 0 Å². The highest BCUT2D eigenvalue weighted by atomic mass is 16.5. The third-order valence-corrected chi connectivity index (χ3v) is 3.74. The predicted molar refractivity (Wildman–Crippen MR) is 72.0 cm³/mol.